The lowest BCUT2D eigenvalue weighted by molar-refractivity contribution is -0.114. The zero-order chi connectivity index (χ0) is 22.8. The van der Waals surface area contributed by atoms with E-state index in [1.165, 1.54) is 28.5 Å². The van der Waals surface area contributed by atoms with Crippen LogP contribution < -0.4 is 0 Å². The van der Waals surface area contributed by atoms with E-state index in [4.69, 9.17) is 14.2 Å². The Hall–Kier alpha value is -3.30. The van der Waals surface area contributed by atoms with Gasteiger partial charge in [-0.3, -0.25) is 10.2 Å². The number of hydrogen-bond donors (Lipinski definition) is 1. The van der Waals surface area contributed by atoms with Crippen molar-refractivity contribution in [3.63, 3.8) is 0 Å². The van der Waals surface area contributed by atoms with Crippen molar-refractivity contribution < 1.29 is 13.6 Å². The number of nitrogens with zero attached hydrogens (tertiary/aromatic N) is 3. The van der Waals surface area contributed by atoms with Crippen molar-refractivity contribution in [3.05, 3.63) is 83.5 Å². The zero-order valence-electron chi connectivity index (χ0n) is 17.7. The monoisotopic (exact) mass is 476 g/mol. The minimum Gasteiger partial charge on any atom is -0.468 e. The van der Waals surface area contributed by atoms with Crippen LogP contribution in [0.25, 0.3) is 6.08 Å². The first-order valence-electron chi connectivity index (χ1n) is 10.4. The number of furan rings is 2. The van der Waals surface area contributed by atoms with Crippen molar-refractivity contribution in [2.24, 2.45) is 10.1 Å². The van der Waals surface area contributed by atoms with Crippen LogP contribution >= 0.6 is 23.5 Å². The van der Waals surface area contributed by atoms with Gasteiger partial charge in [-0.15, -0.1) is 0 Å². The molecule has 1 amide bonds. The second-order valence-corrected chi connectivity index (χ2v) is 9.32. The van der Waals surface area contributed by atoms with Gasteiger partial charge >= 0.3 is 0 Å². The van der Waals surface area contributed by atoms with E-state index in [0.29, 0.717) is 21.8 Å². The van der Waals surface area contributed by atoms with E-state index in [-0.39, 0.29) is 17.3 Å². The number of aliphatic imine (C=N–C) groups is 1. The number of nitrogens with one attached hydrogen (secondary N) is 1. The van der Waals surface area contributed by atoms with Crippen LogP contribution in [0.15, 0.2) is 90.5 Å². The summed E-state index contributed by atoms with van der Waals surface area (Å²) in [7, 11) is 0. The Morgan fingerprint density at radius 2 is 2.03 bits per heavy atom. The summed E-state index contributed by atoms with van der Waals surface area (Å²) in [5.74, 6) is 1.58. The normalized spacial score (nSPS) is 17.8. The molecule has 0 radical (unpaired) electrons. The van der Waals surface area contributed by atoms with E-state index in [1.807, 2.05) is 36.4 Å². The first-order chi connectivity index (χ1) is 16.1. The lowest BCUT2D eigenvalue weighted by atomic mass is 9.98. The highest BCUT2D eigenvalue weighted by molar-refractivity contribution is 8.27. The Labute approximate surface area is 199 Å². The number of fused-ring (bicyclic) bond motifs is 1. The number of carbonyl (C=O) groups is 1. The van der Waals surface area contributed by atoms with Crippen LogP contribution in [-0.4, -0.2) is 27.0 Å². The molecule has 33 heavy (non-hydrogen) atoms. The maximum Gasteiger partial charge on any atom is 0.283 e. The lowest BCUT2D eigenvalue weighted by Crippen LogP contribution is -2.35. The number of hydrazone groups is 1. The molecule has 0 bridgehead atoms. The first kappa shape index (κ1) is 21.5. The third-order valence-electron chi connectivity index (χ3n) is 5.20. The molecule has 1 atom stereocenters. The van der Waals surface area contributed by atoms with E-state index < -0.39 is 5.91 Å². The zero-order valence-corrected chi connectivity index (χ0v) is 19.4. The molecule has 1 aromatic carbocycles. The molecule has 4 heterocycles. The number of amidine groups is 2. The Morgan fingerprint density at radius 1 is 1.18 bits per heavy atom. The molecule has 0 spiro atoms. The molecule has 2 aliphatic heterocycles. The maximum atomic E-state index is 12.7. The van der Waals surface area contributed by atoms with E-state index in [1.54, 1.807) is 18.4 Å². The lowest BCUT2D eigenvalue weighted by Gasteiger charge is -2.19. The standard InChI is InChI=1S/C24H20N4O3S2/c1-2-18(15-7-4-3-5-8-15)23-27-28-21(25)19(22(29)26-24(28)33-23)13-16-10-11-20(31-16)32-14-17-9-6-12-30-17/h3-13,18,25H,2,14H2,1H3/b19-13+,25-21?. The fourth-order valence-electron chi connectivity index (χ4n) is 3.55. The van der Waals surface area contributed by atoms with Gasteiger partial charge in [-0.2, -0.15) is 15.1 Å². The van der Waals surface area contributed by atoms with Crippen LogP contribution in [-0.2, 0) is 10.5 Å². The predicted molar refractivity (Wildman–Crippen MR) is 131 cm³/mol. The van der Waals surface area contributed by atoms with Crippen LogP contribution in [0, 0.1) is 5.41 Å². The number of thioether (sulfide) groups is 2. The molecule has 9 heteroatoms. The molecule has 0 saturated carbocycles. The third-order valence-corrected chi connectivity index (χ3v) is 7.16. The molecule has 0 saturated heterocycles. The van der Waals surface area contributed by atoms with Gasteiger partial charge in [-0.25, -0.2) is 0 Å². The van der Waals surface area contributed by atoms with Crippen molar-refractivity contribution in [3.8, 4) is 0 Å². The molecule has 2 aliphatic rings. The highest BCUT2D eigenvalue weighted by Gasteiger charge is 2.37. The molecule has 0 aliphatic carbocycles. The highest BCUT2D eigenvalue weighted by Crippen LogP contribution is 2.36. The van der Waals surface area contributed by atoms with Crippen molar-refractivity contribution in [1.82, 2.24) is 5.01 Å². The van der Waals surface area contributed by atoms with E-state index in [2.05, 4.69) is 29.2 Å². The quantitative estimate of drug-likeness (QED) is 0.333. The summed E-state index contributed by atoms with van der Waals surface area (Å²) in [6, 6.07) is 17.5. The molecular formula is C24H20N4O3S2. The Kier molecular flexibility index (Phi) is 6.06. The van der Waals surface area contributed by atoms with Crippen LogP contribution in [0.5, 0.6) is 0 Å². The van der Waals surface area contributed by atoms with E-state index in [9.17, 15) is 4.79 Å². The molecule has 3 aromatic rings. The summed E-state index contributed by atoms with van der Waals surface area (Å²) in [4.78, 5) is 16.9. The predicted octanol–water partition coefficient (Wildman–Crippen LogP) is 5.98. The van der Waals surface area contributed by atoms with Gasteiger partial charge in [0, 0.05) is 5.92 Å². The molecule has 5 rings (SSSR count). The summed E-state index contributed by atoms with van der Waals surface area (Å²) in [5.41, 5.74) is 1.30. The molecule has 0 fully saturated rings. The van der Waals surface area contributed by atoms with E-state index in [0.717, 1.165) is 22.8 Å². The summed E-state index contributed by atoms with van der Waals surface area (Å²) in [5, 5.41) is 16.6. The van der Waals surface area contributed by atoms with Gasteiger partial charge in [0.15, 0.2) is 10.9 Å². The smallest absolute Gasteiger partial charge is 0.283 e. The van der Waals surface area contributed by atoms with Gasteiger partial charge in [0.2, 0.25) is 5.17 Å². The maximum absolute atomic E-state index is 12.7. The minimum absolute atomic E-state index is 0.00315. The molecule has 1 N–H and O–H groups in total. The van der Waals surface area contributed by atoms with Gasteiger partial charge < -0.3 is 8.83 Å². The van der Waals surface area contributed by atoms with Crippen molar-refractivity contribution in [2.75, 3.05) is 0 Å². The van der Waals surface area contributed by atoms with Crippen molar-refractivity contribution >= 4 is 51.6 Å². The fraction of sp³-hybridized carbons (Fsp3) is 0.167. The van der Waals surface area contributed by atoms with Gasteiger partial charge in [-0.1, -0.05) is 49.0 Å². The number of rotatable bonds is 7. The van der Waals surface area contributed by atoms with Crippen LogP contribution in [0.1, 0.15) is 36.3 Å². The SMILES string of the molecule is CCC(C1=NN2C(=N)/C(=C\c3ccc(SCc4ccco4)o3)C(=O)N=C2S1)c1ccccc1. The first-order valence-corrected chi connectivity index (χ1v) is 12.2. The highest BCUT2D eigenvalue weighted by atomic mass is 32.2. The summed E-state index contributed by atoms with van der Waals surface area (Å²) in [6.07, 6.45) is 4.04. The van der Waals surface area contributed by atoms with E-state index >= 15 is 0 Å². The van der Waals surface area contributed by atoms with Gasteiger partial charge in [0.05, 0.1) is 17.6 Å². The van der Waals surface area contributed by atoms with Crippen LogP contribution in [0.4, 0.5) is 0 Å². The van der Waals surface area contributed by atoms with Gasteiger partial charge in [-0.05, 0) is 54.1 Å². The van der Waals surface area contributed by atoms with Gasteiger partial charge in [0.1, 0.15) is 16.6 Å². The average molecular weight is 477 g/mol. The van der Waals surface area contributed by atoms with Crippen molar-refractivity contribution in [1.29, 1.82) is 5.41 Å². The summed E-state index contributed by atoms with van der Waals surface area (Å²) in [6.45, 7) is 2.10. The second kappa shape index (κ2) is 9.29. The van der Waals surface area contributed by atoms with Crippen molar-refractivity contribution in [2.45, 2.75) is 30.1 Å². The summed E-state index contributed by atoms with van der Waals surface area (Å²) < 4.78 is 11.1. The minimum atomic E-state index is -0.468. The number of amides is 1. The molecular weight excluding hydrogens is 456 g/mol. The molecule has 1 unspecified atom stereocenters. The van der Waals surface area contributed by atoms with Crippen LogP contribution in [0.2, 0.25) is 0 Å². The number of carbonyl (C=O) groups excluding carboxylic acids is 1. The fourth-order valence-corrected chi connectivity index (χ4v) is 5.42. The van der Waals surface area contributed by atoms with Crippen LogP contribution in [0.3, 0.4) is 0 Å². The Morgan fingerprint density at radius 3 is 2.79 bits per heavy atom. The largest absolute Gasteiger partial charge is 0.468 e. The molecule has 7 nitrogen and oxygen atoms in total. The Balaban J connectivity index is 1.35. The summed E-state index contributed by atoms with van der Waals surface area (Å²) >= 11 is 2.84. The van der Waals surface area contributed by atoms with Gasteiger partial charge in [0.25, 0.3) is 5.91 Å². The third kappa shape index (κ3) is 4.46. The number of benzene rings is 1. The second-order valence-electron chi connectivity index (χ2n) is 7.35. The molecule has 2 aromatic heterocycles. The topological polar surface area (TPSA) is 95.2 Å². The number of hydrogen-bond acceptors (Lipinski definition) is 7. The average Bonchev–Trinajstić information content (AvgIpc) is 3.58. The molecule has 166 valence electrons. The Bertz CT molecular complexity index is 1280.